The number of carbonyl (C=O) groups excluding carboxylic acids is 4. The number of hydrogen-bond acceptors (Lipinski definition) is 13. The smallest absolute Gasteiger partial charge is 0.303 e. The summed E-state index contributed by atoms with van der Waals surface area (Å²) in [5.74, 6) is -4.07. The number of hydrogen-bond donors (Lipinski definition) is 0. The molecule has 13 heteroatoms. The van der Waals surface area contributed by atoms with Crippen LogP contribution in [0.15, 0.2) is 0 Å². The molecule has 0 aliphatic carbocycles. The Morgan fingerprint density at radius 3 is 2.03 bits per heavy atom. The standard InChI is InChI=1S/C20H26O13/c1-8(21)27-7-20(18-15(29-10(3)23)13(32-20)6-26-18)33-19-17(30-11(4)24)16-14(28-9(2)22)12(31-19)5-25-16/h12-19H,5-7H2,1-4H3/t12-,13-,14-,15-,16+,17-,18+,19-,20+/m1/s1. The van der Waals surface area contributed by atoms with Crippen molar-refractivity contribution in [1.29, 1.82) is 0 Å². The van der Waals surface area contributed by atoms with Crippen LogP contribution in [-0.4, -0.2) is 98.5 Å². The molecule has 0 aromatic rings. The minimum absolute atomic E-state index is 0.0661. The number of ether oxygens (including phenoxy) is 9. The van der Waals surface area contributed by atoms with Crippen molar-refractivity contribution < 1.29 is 61.8 Å². The Morgan fingerprint density at radius 1 is 0.788 bits per heavy atom. The quantitative estimate of drug-likeness (QED) is 0.327. The fourth-order valence-electron chi connectivity index (χ4n) is 4.51. The van der Waals surface area contributed by atoms with Gasteiger partial charge in [-0.3, -0.25) is 19.2 Å². The van der Waals surface area contributed by atoms with Crippen LogP contribution in [0.4, 0.5) is 0 Å². The number of carbonyl (C=O) groups is 4. The van der Waals surface area contributed by atoms with Crippen LogP contribution in [-0.2, 0) is 61.8 Å². The summed E-state index contributed by atoms with van der Waals surface area (Å²) in [6.45, 7) is 4.69. The summed E-state index contributed by atoms with van der Waals surface area (Å²) in [7, 11) is 0. The molecule has 184 valence electrons. The van der Waals surface area contributed by atoms with Crippen molar-refractivity contribution in [2.45, 2.75) is 82.5 Å². The van der Waals surface area contributed by atoms with Gasteiger partial charge in [0.05, 0.1) is 13.2 Å². The van der Waals surface area contributed by atoms with Gasteiger partial charge < -0.3 is 42.6 Å². The first-order valence-corrected chi connectivity index (χ1v) is 10.5. The Balaban J connectivity index is 1.60. The average Bonchev–Trinajstić information content (AvgIpc) is 3.31. The summed E-state index contributed by atoms with van der Waals surface area (Å²) in [4.78, 5) is 46.5. The lowest BCUT2D eigenvalue weighted by Gasteiger charge is -2.43. The highest BCUT2D eigenvalue weighted by Crippen LogP contribution is 2.45. The van der Waals surface area contributed by atoms with E-state index in [-0.39, 0.29) is 13.2 Å². The third-order valence-corrected chi connectivity index (χ3v) is 5.63. The van der Waals surface area contributed by atoms with Gasteiger partial charge in [-0.25, -0.2) is 0 Å². The average molecular weight is 474 g/mol. The third kappa shape index (κ3) is 4.68. The Bertz CT molecular complexity index is 814. The maximum Gasteiger partial charge on any atom is 0.303 e. The summed E-state index contributed by atoms with van der Waals surface area (Å²) < 4.78 is 50.7. The van der Waals surface area contributed by atoms with Crippen LogP contribution in [0, 0.1) is 0 Å². The van der Waals surface area contributed by atoms with E-state index in [2.05, 4.69) is 0 Å². The van der Waals surface area contributed by atoms with Crippen LogP contribution in [0.3, 0.4) is 0 Å². The summed E-state index contributed by atoms with van der Waals surface area (Å²) in [5.41, 5.74) is 0. The summed E-state index contributed by atoms with van der Waals surface area (Å²) >= 11 is 0. The van der Waals surface area contributed by atoms with Crippen LogP contribution in [0.5, 0.6) is 0 Å². The van der Waals surface area contributed by atoms with E-state index < -0.39 is 85.3 Å². The molecule has 4 rings (SSSR count). The van der Waals surface area contributed by atoms with Gasteiger partial charge in [0.15, 0.2) is 24.4 Å². The number of esters is 4. The zero-order valence-electron chi connectivity index (χ0n) is 18.5. The van der Waals surface area contributed by atoms with Crippen molar-refractivity contribution in [2.75, 3.05) is 19.8 Å². The minimum Gasteiger partial charge on any atom is -0.460 e. The lowest BCUT2D eigenvalue weighted by molar-refractivity contribution is -0.384. The fourth-order valence-corrected chi connectivity index (χ4v) is 4.51. The van der Waals surface area contributed by atoms with Crippen molar-refractivity contribution in [1.82, 2.24) is 0 Å². The number of fused-ring (bicyclic) bond motifs is 4. The molecule has 0 unspecified atom stereocenters. The molecule has 0 amide bonds. The molecule has 9 atom stereocenters. The molecule has 0 aromatic heterocycles. The molecule has 0 N–H and O–H groups in total. The zero-order valence-corrected chi connectivity index (χ0v) is 18.5. The van der Waals surface area contributed by atoms with Gasteiger partial charge in [-0.1, -0.05) is 0 Å². The van der Waals surface area contributed by atoms with E-state index >= 15 is 0 Å². The molecule has 33 heavy (non-hydrogen) atoms. The van der Waals surface area contributed by atoms with Crippen molar-refractivity contribution in [3.05, 3.63) is 0 Å². The first kappa shape index (κ1) is 23.8. The normalized spacial score (nSPS) is 40.8. The predicted octanol–water partition coefficient (Wildman–Crippen LogP) is -1.02. The van der Waals surface area contributed by atoms with Gasteiger partial charge in [-0.05, 0) is 0 Å². The fraction of sp³-hybridized carbons (Fsp3) is 0.800. The van der Waals surface area contributed by atoms with Gasteiger partial charge in [0, 0.05) is 27.7 Å². The van der Waals surface area contributed by atoms with Crippen molar-refractivity contribution in [3.8, 4) is 0 Å². The Morgan fingerprint density at radius 2 is 1.39 bits per heavy atom. The molecular formula is C20H26O13. The van der Waals surface area contributed by atoms with Crippen molar-refractivity contribution in [3.63, 3.8) is 0 Å². The number of rotatable bonds is 7. The van der Waals surface area contributed by atoms with E-state index in [4.69, 9.17) is 42.6 Å². The molecule has 4 bridgehead atoms. The van der Waals surface area contributed by atoms with E-state index in [1.165, 1.54) is 27.7 Å². The summed E-state index contributed by atoms with van der Waals surface area (Å²) in [6, 6.07) is 0. The second-order valence-electron chi connectivity index (χ2n) is 8.18. The van der Waals surface area contributed by atoms with Gasteiger partial charge in [0.25, 0.3) is 0 Å². The molecule has 4 aliphatic heterocycles. The highest BCUT2D eigenvalue weighted by molar-refractivity contribution is 5.67. The lowest BCUT2D eigenvalue weighted by Crippen LogP contribution is -2.62. The summed E-state index contributed by atoms with van der Waals surface area (Å²) in [6.07, 6.45) is -7.22. The largest absolute Gasteiger partial charge is 0.460 e. The maximum atomic E-state index is 11.8. The van der Waals surface area contributed by atoms with E-state index in [9.17, 15) is 19.2 Å². The topological polar surface area (TPSA) is 151 Å². The Hall–Kier alpha value is -2.32. The first-order chi connectivity index (χ1) is 15.6. The van der Waals surface area contributed by atoms with E-state index in [0.29, 0.717) is 0 Å². The Labute approximate surface area is 188 Å². The molecule has 4 aliphatic rings. The van der Waals surface area contributed by atoms with E-state index in [1.54, 1.807) is 0 Å². The molecule has 4 heterocycles. The Kier molecular flexibility index (Phi) is 6.60. The van der Waals surface area contributed by atoms with Gasteiger partial charge >= 0.3 is 23.9 Å². The second kappa shape index (κ2) is 9.14. The first-order valence-electron chi connectivity index (χ1n) is 10.5. The van der Waals surface area contributed by atoms with E-state index in [0.717, 1.165) is 0 Å². The molecule has 0 spiro atoms. The lowest BCUT2D eigenvalue weighted by atomic mass is 10.0. The van der Waals surface area contributed by atoms with Crippen LogP contribution in [0.25, 0.3) is 0 Å². The third-order valence-electron chi connectivity index (χ3n) is 5.63. The molecule has 13 nitrogen and oxygen atoms in total. The monoisotopic (exact) mass is 474 g/mol. The molecule has 0 saturated carbocycles. The molecule has 0 radical (unpaired) electrons. The van der Waals surface area contributed by atoms with Gasteiger partial charge in [-0.15, -0.1) is 0 Å². The maximum absolute atomic E-state index is 11.8. The molecule has 4 fully saturated rings. The summed E-state index contributed by atoms with van der Waals surface area (Å²) in [5, 5.41) is 0. The minimum atomic E-state index is -1.72. The van der Waals surface area contributed by atoms with Crippen LogP contribution in [0.2, 0.25) is 0 Å². The molecular weight excluding hydrogens is 448 g/mol. The highest BCUT2D eigenvalue weighted by atomic mass is 16.8. The van der Waals surface area contributed by atoms with Crippen LogP contribution >= 0.6 is 0 Å². The predicted molar refractivity (Wildman–Crippen MR) is 100 cm³/mol. The zero-order chi connectivity index (χ0) is 23.9. The highest BCUT2D eigenvalue weighted by Gasteiger charge is 2.67. The second-order valence-corrected chi connectivity index (χ2v) is 8.18. The van der Waals surface area contributed by atoms with Crippen LogP contribution in [0.1, 0.15) is 27.7 Å². The van der Waals surface area contributed by atoms with Gasteiger partial charge in [0.2, 0.25) is 12.1 Å². The van der Waals surface area contributed by atoms with Gasteiger partial charge in [-0.2, -0.15) is 0 Å². The molecule has 4 saturated heterocycles. The van der Waals surface area contributed by atoms with Crippen LogP contribution < -0.4 is 0 Å². The SMILES string of the molecule is CC(=O)OC[C@@]1(O[C@H]2O[C@@H]3CO[C@H]([C@H]2OC(C)=O)[C@@H]3OC(C)=O)O[C@@H]2CO[C@H]1[C@@H]2OC(C)=O. The van der Waals surface area contributed by atoms with E-state index in [1.807, 2.05) is 0 Å². The van der Waals surface area contributed by atoms with Crippen molar-refractivity contribution in [2.24, 2.45) is 0 Å². The van der Waals surface area contributed by atoms with Crippen molar-refractivity contribution >= 4 is 23.9 Å². The molecule has 0 aromatic carbocycles. The van der Waals surface area contributed by atoms with Gasteiger partial charge in [0.1, 0.15) is 24.9 Å².